The van der Waals surface area contributed by atoms with Crippen LogP contribution in [0.1, 0.15) is 48.8 Å². The Morgan fingerprint density at radius 1 is 1.00 bits per heavy atom. The van der Waals surface area contributed by atoms with Gasteiger partial charge in [-0.3, -0.25) is 4.79 Å². The Bertz CT molecular complexity index is 836. The normalized spacial score (nSPS) is 23.4. The summed E-state index contributed by atoms with van der Waals surface area (Å²) in [4.78, 5) is 15.9. The summed E-state index contributed by atoms with van der Waals surface area (Å²) in [6, 6.07) is 15.0. The highest BCUT2D eigenvalue weighted by Crippen LogP contribution is 2.41. The van der Waals surface area contributed by atoms with Crippen molar-refractivity contribution in [2.24, 2.45) is 0 Å². The molecule has 1 saturated carbocycles. The van der Waals surface area contributed by atoms with Gasteiger partial charge < -0.3 is 9.64 Å². The highest BCUT2D eigenvalue weighted by molar-refractivity contribution is 5.85. The summed E-state index contributed by atoms with van der Waals surface area (Å²) in [5.41, 5.74) is 2.44. The Morgan fingerprint density at radius 2 is 1.62 bits per heavy atom. The topological polar surface area (TPSA) is 29.5 Å². The number of hydrogen-bond donors (Lipinski definition) is 0. The molecule has 0 spiro atoms. The van der Waals surface area contributed by atoms with Crippen molar-refractivity contribution in [3.8, 4) is 0 Å². The lowest BCUT2D eigenvalue weighted by atomic mass is 9.77. The molecule has 0 amide bonds. The molecule has 0 aliphatic heterocycles. The molecule has 2 aromatic carbocycles. The van der Waals surface area contributed by atoms with Crippen LogP contribution in [-0.4, -0.2) is 37.1 Å². The van der Waals surface area contributed by atoms with Crippen LogP contribution in [0.3, 0.4) is 0 Å². The summed E-state index contributed by atoms with van der Waals surface area (Å²) in [6.07, 6.45) is 6.37. The number of carbonyl (C=O) groups is 1. The summed E-state index contributed by atoms with van der Waals surface area (Å²) < 4.78 is 19.8. The van der Waals surface area contributed by atoms with Crippen molar-refractivity contribution in [3.05, 3.63) is 71.0 Å². The van der Waals surface area contributed by atoms with Crippen LogP contribution in [0.2, 0.25) is 0 Å². The van der Waals surface area contributed by atoms with Gasteiger partial charge in [-0.05, 0) is 81.4 Å². The van der Waals surface area contributed by atoms with Crippen LogP contribution in [-0.2, 0) is 27.8 Å². The standard InChI is InChI=1S/C25H30FNO2/c1-27(2)22-9-5-6-10-23(15-22)29-24(28)25(20-11-13-21(26)14-12-20)16-18-7-3-4-8-19(18)17-25/h3-4,7-8,11-14,22-23H,5-6,9-10,15-17H2,1-2H3. The molecule has 4 heteroatoms. The first-order valence-electron chi connectivity index (χ1n) is 10.7. The maximum absolute atomic E-state index is 13.6. The van der Waals surface area contributed by atoms with Crippen LogP contribution >= 0.6 is 0 Å². The Labute approximate surface area is 172 Å². The molecule has 0 N–H and O–H groups in total. The van der Waals surface area contributed by atoms with E-state index in [1.165, 1.54) is 29.7 Å². The molecule has 3 nitrogen and oxygen atoms in total. The zero-order chi connectivity index (χ0) is 20.4. The van der Waals surface area contributed by atoms with Crippen molar-refractivity contribution in [3.63, 3.8) is 0 Å². The minimum Gasteiger partial charge on any atom is -0.462 e. The van der Waals surface area contributed by atoms with E-state index in [4.69, 9.17) is 4.74 Å². The van der Waals surface area contributed by atoms with Crippen molar-refractivity contribution in [2.75, 3.05) is 14.1 Å². The second kappa shape index (κ2) is 8.27. The monoisotopic (exact) mass is 395 g/mol. The molecule has 154 valence electrons. The second-order valence-electron chi connectivity index (χ2n) is 8.88. The van der Waals surface area contributed by atoms with Crippen LogP contribution in [0.25, 0.3) is 0 Å². The molecule has 0 radical (unpaired) electrons. The molecule has 29 heavy (non-hydrogen) atoms. The van der Waals surface area contributed by atoms with E-state index in [9.17, 15) is 9.18 Å². The molecule has 2 unspecified atom stereocenters. The van der Waals surface area contributed by atoms with Crippen molar-refractivity contribution < 1.29 is 13.9 Å². The molecule has 0 heterocycles. The van der Waals surface area contributed by atoms with Crippen LogP contribution in [0.15, 0.2) is 48.5 Å². The summed E-state index contributed by atoms with van der Waals surface area (Å²) in [5.74, 6) is -0.449. The van der Waals surface area contributed by atoms with Crippen molar-refractivity contribution in [2.45, 2.75) is 62.5 Å². The van der Waals surface area contributed by atoms with Gasteiger partial charge in [-0.2, -0.15) is 0 Å². The maximum Gasteiger partial charge on any atom is 0.317 e. The molecule has 0 bridgehead atoms. The minimum atomic E-state index is -0.767. The van der Waals surface area contributed by atoms with Crippen LogP contribution in [0.5, 0.6) is 0 Å². The predicted octanol–water partition coefficient (Wildman–Crippen LogP) is 4.67. The first-order chi connectivity index (χ1) is 14.0. The average Bonchev–Trinajstić information content (AvgIpc) is 2.95. The van der Waals surface area contributed by atoms with E-state index < -0.39 is 5.41 Å². The summed E-state index contributed by atoms with van der Waals surface area (Å²) in [7, 11) is 4.20. The highest BCUT2D eigenvalue weighted by Gasteiger charge is 2.47. The minimum absolute atomic E-state index is 0.0570. The van der Waals surface area contributed by atoms with E-state index in [1.54, 1.807) is 12.1 Å². The molecular formula is C25H30FNO2. The lowest BCUT2D eigenvalue weighted by Gasteiger charge is -2.31. The second-order valence-corrected chi connectivity index (χ2v) is 8.88. The zero-order valence-corrected chi connectivity index (χ0v) is 17.4. The van der Waals surface area contributed by atoms with Gasteiger partial charge in [0, 0.05) is 6.04 Å². The Hall–Kier alpha value is -2.20. The van der Waals surface area contributed by atoms with Gasteiger partial charge in [-0.25, -0.2) is 4.39 Å². The number of hydrogen-bond acceptors (Lipinski definition) is 3. The number of fused-ring (bicyclic) bond motifs is 1. The largest absolute Gasteiger partial charge is 0.462 e. The van der Waals surface area contributed by atoms with E-state index in [2.05, 4.69) is 31.1 Å². The van der Waals surface area contributed by atoms with E-state index in [0.29, 0.717) is 18.9 Å². The smallest absolute Gasteiger partial charge is 0.317 e. The lowest BCUT2D eigenvalue weighted by Crippen LogP contribution is -2.41. The van der Waals surface area contributed by atoms with Crippen LogP contribution < -0.4 is 0 Å². The quantitative estimate of drug-likeness (QED) is 0.557. The predicted molar refractivity (Wildman–Crippen MR) is 112 cm³/mol. The lowest BCUT2D eigenvalue weighted by molar-refractivity contribution is -0.157. The first kappa shape index (κ1) is 20.1. The number of benzene rings is 2. The molecule has 2 aliphatic rings. The van der Waals surface area contributed by atoms with Crippen molar-refractivity contribution >= 4 is 5.97 Å². The molecule has 0 aromatic heterocycles. The van der Waals surface area contributed by atoms with E-state index in [-0.39, 0.29) is 17.9 Å². The number of carbonyl (C=O) groups excluding carboxylic acids is 1. The van der Waals surface area contributed by atoms with Gasteiger partial charge in [0.1, 0.15) is 17.3 Å². The third kappa shape index (κ3) is 4.09. The molecule has 4 rings (SSSR count). The SMILES string of the molecule is CN(C)C1CCCCC(OC(=O)C2(c3ccc(F)cc3)Cc3ccccc3C2)C1. The number of nitrogens with zero attached hydrogens (tertiary/aromatic N) is 1. The van der Waals surface area contributed by atoms with E-state index >= 15 is 0 Å². The average molecular weight is 396 g/mol. The Kier molecular flexibility index (Phi) is 5.73. The number of rotatable bonds is 4. The fourth-order valence-electron chi connectivity index (χ4n) is 4.98. The first-order valence-corrected chi connectivity index (χ1v) is 10.7. The number of halogens is 1. The van der Waals surface area contributed by atoms with E-state index in [0.717, 1.165) is 31.2 Å². The zero-order valence-electron chi connectivity index (χ0n) is 17.4. The van der Waals surface area contributed by atoms with Crippen molar-refractivity contribution in [1.82, 2.24) is 4.90 Å². The van der Waals surface area contributed by atoms with Gasteiger partial charge in [0.2, 0.25) is 0 Å². The van der Waals surface area contributed by atoms with Gasteiger partial charge in [-0.15, -0.1) is 0 Å². The number of esters is 1. The fourth-order valence-corrected chi connectivity index (χ4v) is 4.98. The molecule has 0 saturated heterocycles. The van der Waals surface area contributed by atoms with Crippen molar-refractivity contribution in [1.29, 1.82) is 0 Å². The third-order valence-electron chi connectivity index (χ3n) is 6.74. The summed E-state index contributed by atoms with van der Waals surface area (Å²) >= 11 is 0. The molecule has 1 fully saturated rings. The Balaban J connectivity index is 1.62. The van der Waals surface area contributed by atoms with E-state index in [1.807, 2.05) is 12.1 Å². The fraction of sp³-hybridized carbons (Fsp3) is 0.480. The van der Waals surface area contributed by atoms with Gasteiger partial charge in [-0.1, -0.05) is 42.8 Å². The molecule has 2 atom stereocenters. The van der Waals surface area contributed by atoms with Gasteiger partial charge in [0.05, 0.1) is 0 Å². The Morgan fingerprint density at radius 3 is 2.24 bits per heavy atom. The van der Waals surface area contributed by atoms with Crippen LogP contribution in [0, 0.1) is 5.82 Å². The maximum atomic E-state index is 13.6. The molecule has 2 aliphatic carbocycles. The highest BCUT2D eigenvalue weighted by atomic mass is 19.1. The number of ether oxygens (including phenoxy) is 1. The van der Waals surface area contributed by atoms with Gasteiger partial charge >= 0.3 is 5.97 Å². The molecular weight excluding hydrogens is 365 g/mol. The summed E-state index contributed by atoms with van der Waals surface area (Å²) in [6.45, 7) is 0. The van der Waals surface area contributed by atoms with Gasteiger partial charge in [0.25, 0.3) is 0 Å². The summed E-state index contributed by atoms with van der Waals surface area (Å²) in [5, 5.41) is 0. The van der Waals surface area contributed by atoms with Gasteiger partial charge in [0.15, 0.2) is 0 Å². The third-order valence-corrected chi connectivity index (χ3v) is 6.74. The molecule has 2 aromatic rings. The van der Waals surface area contributed by atoms with Crippen LogP contribution in [0.4, 0.5) is 4.39 Å².